The standard InChI is InChI=1S/C20H33N3O3.HI/c1-4-21-20(22-10-5-12-26-18-9-13-25-15-18)23-11-8-17-7-6-16(2)19(14-17)24-3;/h6-7,14,18H,4-5,8-13,15H2,1-3H3,(H2,21,22,23);1H. The van der Waals surface area contributed by atoms with Crippen LogP contribution in [0.25, 0.3) is 0 Å². The van der Waals surface area contributed by atoms with Crippen LogP contribution in [0.1, 0.15) is 30.9 Å². The van der Waals surface area contributed by atoms with Gasteiger partial charge < -0.3 is 24.8 Å². The Morgan fingerprint density at radius 3 is 2.89 bits per heavy atom. The molecule has 0 amide bonds. The van der Waals surface area contributed by atoms with Crippen LogP contribution in [-0.2, 0) is 15.9 Å². The van der Waals surface area contributed by atoms with Gasteiger partial charge in [-0.2, -0.15) is 0 Å². The van der Waals surface area contributed by atoms with Crippen molar-refractivity contribution in [3.05, 3.63) is 29.3 Å². The lowest BCUT2D eigenvalue weighted by atomic mass is 10.1. The largest absolute Gasteiger partial charge is 0.496 e. The van der Waals surface area contributed by atoms with Crippen LogP contribution >= 0.6 is 24.0 Å². The summed E-state index contributed by atoms with van der Waals surface area (Å²) in [7, 11) is 1.71. The molecule has 1 unspecified atom stereocenters. The number of aryl methyl sites for hydroxylation is 1. The Balaban J connectivity index is 0.00000364. The summed E-state index contributed by atoms with van der Waals surface area (Å²) in [4.78, 5) is 4.62. The first-order valence-corrected chi connectivity index (χ1v) is 9.58. The van der Waals surface area contributed by atoms with Gasteiger partial charge in [-0.3, -0.25) is 4.99 Å². The maximum Gasteiger partial charge on any atom is 0.191 e. The maximum atomic E-state index is 5.77. The Morgan fingerprint density at radius 2 is 2.19 bits per heavy atom. The van der Waals surface area contributed by atoms with Crippen molar-refractivity contribution in [1.29, 1.82) is 0 Å². The molecule has 7 heteroatoms. The Bertz CT molecular complexity index is 563. The van der Waals surface area contributed by atoms with Crippen LogP contribution in [0.3, 0.4) is 0 Å². The minimum Gasteiger partial charge on any atom is -0.496 e. The van der Waals surface area contributed by atoms with Gasteiger partial charge in [0.25, 0.3) is 0 Å². The van der Waals surface area contributed by atoms with Gasteiger partial charge in [-0.05, 0) is 50.3 Å². The van der Waals surface area contributed by atoms with E-state index in [1.165, 1.54) is 5.56 Å². The number of halogens is 1. The minimum atomic E-state index is 0. The van der Waals surface area contributed by atoms with Crippen LogP contribution < -0.4 is 15.4 Å². The van der Waals surface area contributed by atoms with Crippen LogP contribution in [0.15, 0.2) is 23.2 Å². The molecule has 2 rings (SSSR count). The molecule has 154 valence electrons. The normalized spacial score (nSPS) is 16.7. The molecule has 0 saturated carbocycles. The second kappa shape index (κ2) is 14.0. The third-order valence-electron chi connectivity index (χ3n) is 4.34. The van der Waals surface area contributed by atoms with Crippen molar-refractivity contribution >= 4 is 29.9 Å². The minimum absolute atomic E-state index is 0. The zero-order valence-electron chi connectivity index (χ0n) is 16.8. The van der Waals surface area contributed by atoms with Crippen LogP contribution in [0.2, 0.25) is 0 Å². The summed E-state index contributed by atoms with van der Waals surface area (Å²) in [6.07, 6.45) is 3.13. The lowest BCUT2D eigenvalue weighted by molar-refractivity contribution is 0.0424. The van der Waals surface area contributed by atoms with Crippen molar-refractivity contribution in [3.63, 3.8) is 0 Å². The molecule has 0 radical (unpaired) electrons. The predicted octanol–water partition coefficient (Wildman–Crippen LogP) is 2.91. The highest BCUT2D eigenvalue weighted by molar-refractivity contribution is 14.0. The monoisotopic (exact) mass is 491 g/mol. The number of aliphatic imine (C=N–C) groups is 1. The van der Waals surface area contributed by atoms with Gasteiger partial charge in [0, 0.05) is 32.8 Å². The zero-order valence-corrected chi connectivity index (χ0v) is 19.1. The Labute approximate surface area is 180 Å². The summed E-state index contributed by atoms with van der Waals surface area (Å²) in [5.74, 6) is 1.80. The Hall–Kier alpha value is -1.06. The van der Waals surface area contributed by atoms with Gasteiger partial charge >= 0.3 is 0 Å². The topological polar surface area (TPSA) is 64.1 Å². The molecule has 6 nitrogen and oxygen atoms in total. The highest BCUT2D eigenvalue weighted by atomic mass is 127. The quantitative estimate of drug-likeness (QED) is 0.228. The number of ether oxygens (including phenoxy) is 3. The van der Waals surface area contributed by atoms with Gasteiger partial charge in [0.2, 0.25) is 0 Å². The molecule has 0 aliphatic carbocycles. The van der Waals surface area contributed by atoms with Crippen LogP contribution in [0.4, 0.5) is 0 Å². The number of hydrogen-bond acceptors (Lipinski definition) is 4. The molecule has 1 aliphatic heterocycles. The van der Waals surface area contributed by atoms with E-state index in [2.05, 4.69) is 47.7 Å². The molecule has 0 aromatic heterocycles. The van der Waals surface area contributed by atoms with E-state index in [0.29, 0.717) is 0 Å². The SMILES string of the molecule is CCNC(=NCCCOC1CCOC1)NCCc1ccc(C)c(OC)c1.I. The first-order valence-electron chi connectivity index (χ1n) is 9.58. The summed E-state index contributed by atoms with van der Waals surface area (Å²) >= 11 is 0. The summed E-state index contributed by atoms with van der Waals surface area (Å²) in [5.41, 5.74) is 2.41. The summed E-state index contributed by atoms with van der Waals surface area (Å²) in [6, 6.07) is 6.35. The van der Waals surface area contributed by atoms with Gasteiger partial charge in [0.15, 0.2) is 5.96 Å². The third-order valence-corrected chi connectivity index (χ3v) is 4.34. The van der Waals surface area contributed by atoms with E-state index in [4.69, 9.17) is 14.2 Å². The molecule has 1 atom stereocenters. The second-order valence-corrected chi connectivity index (χ2v) is 6.45. The van der Waals surface area contributed by atoms with Gasteiger partial charge in [0.05, 0.1) is 19.8 Å². The smallest absolute Gasteiger partial charge is 0.191 e. The molecule has 0 spiro atoms. The Kier molecular flexibility index (Phi) is 12.4. The van der Waals surface area contributed by atoms with Crippen molar-refractivity contribution in [2.24, 2.45) is 4.99 Å². The van der Waals surface area contributed by atoms with Crippen molar-refractivity contribution in [1.82, 2.24) is 10.6 Å². The lowest BCUT2D eigenvalue weighted by Gasteiger charge is -2.13. The molecule has 1 aromatic rings. The highest BCUT2D eigenvalue weighted by Gasteiger charge is 2.15. The fraction of sp³-hybridized carbons (Fsp3) is 0.650. The zero-order chi connectivity index (χ0) is 18.6. The molecule has 2 N–H and O–H groups in total. The number of hydrogen-bond donors (Lipinski definition) is 2. The van der Waals surface area contributed by atoms with Gasteiger partial charge in [0.1, 0.15) is 5.75 Å². The molecule has 1 aromatic carbocycles. The average molecular weight is 491 g/mol. The molecule has 1 fully saturated rings. The average Bonchev–Trinajstić information content (AvgIpc) is 3.16. The van der Waals surface area contributed by atoms with E-state index in [9.17, 15) is 0 Å². The summed E-state index contributed by atoms with van der Waals surface area (Å²) < 4.78 is 16.5. The van der Waals surface area contributed by atoms with Crippen molar-refractivity contribution in [2.75, 3.05) is 46.6 Å². The molecule has 1 aliphatic rings. The van der Waals surface area contributed by atoms with Crippen molar-refractivity contribution in [3.8, 4) is 5.75 Å². The highest BCUT2D eigenvalue weighted by Crippen LogP contribution is 2.19. The molecule has 1 heterocycles. The van der Waals surface area contributed by atoms with E-state index in [0.717, 1.165) is 76.0 Å². The van der Waals surface area contributed by atoms with Gasteiger partial charge in [-0.1, -0.05) is 12.1 Å². The number of methoxy groups -OCH3 is 1. The Morgan fingerprint density at radius 1 is 1.33 bits per heavy atom. The van der Waals surface area contributed by atoms with E-state index in [1.807, 2.05) is 0 Å². The molecular formula is C20H34IN3O3. The number of nitrogens with one attached hydrogen (secondary N) is 2. The third kappa shape index (κ3) is 9.12. The van der Waals surface area contributed by atoms with E-state index < -0.39 is 0 Å². The van der Waals surface area contributed by atoms with Gasteiger partial charge in [-0.25, -0.2) is 0 Å². The van der Waals surface area contributed by atoms with Crippen molar-refractivity contribution in [2.45, 2.75) is 39.2 Å². The fourth-order valence-corrected chi connectivity index (χ4v) is 2.84. The fourth-order valence-electron chi connectivity index (χ4n) is 2.84. The summed E-state index contributed by atoms with van der Waals surface area (Å²) in [5, 5.41) is 6.68. The number of rotatable bonds is 10. The van der Waals surface area contributed by atoms with E-state index in [1.54, 1.807) is 7.11 Å². The van der Waals surface area contributed by atoms with E-state index in [-0.39, 0.29) is 30.1 Å². The second-order valence-electron chi connectivity index (χ2n) is 6.45. The van der Waals surface area contributed by atoms with E-state index >= 15 is 0 Å². The number of benzene rings is 1. The van der Waals surface area contributed by atoms with Crippen molar-refractivity contribution < 1.29 is 14.2 Å². The molecule has 0 bridgehead atoms. The van der Waals surface area contributed by atoms with Crippen LogP contribution in [-0.4, -0.2) is 58.6 Å². The number of guanidine groups is 1. The molecular weight excluding hydrogens is 457 g/mol. The maximum absolute atomic E-state index is 5.77. The first kappa shape index (κ1) is 24.0. The molecule has 1 saturated heterocycles. The lowest BCUT2D eigenvalue weighted by Crippen LogP contribution is -2.38. The summed E-state index contributed by atoms with van der Waals surface area (Å²) in [6.45, 7) is 8.85. The molecule has 27 heavy (non-hydrogen) atoms. The predicted molar refractivity (Wildman–Crippen MR) is 121 cm³/mol. The van der Waals surface area contributed by atoms with Crippen LogP contribution in [0.5, 0.6) is 5.75 Å². The first-order chi connectivity index (χ1) is 12.7. The number of nitrogens with zero attached hydrogens (tertiary/aromatic N) is 1. The van der Waals surface area contributed by atoms with Crippen LogP contribution in [0, 0.1) is 6.92 Å². The van der Waals surface area contributed by atoms with Gasteiger partial charge in [-0.15, -0.1) is 24.0 Å².